The highest BCUT2D eigenvalue weighted by atomic mass is 32.1. The molecule has 0 bridgehead atoms. The molecule has 3 heterocycles. The third-order valence-corrected chi connectivity index (χ3v) is 4.54. The van der Waals surface area contributed by atoms with Gasteiger partial charge in [-0.05, 0) is 23.8 Å². The van der Waals surface area contributed by atoms with E-state index in [0.717, 1.165) is 38.7 Å². The van der Waals surface area contributed by atoms with Crippen LogP contribution < -0.4 is 5.32 Å². The van der Waals surface area contributed by atoms with E-state index in [1.807, 2.05) is 42.6 Å². The van der Waals surface area contributed by atoms with Gasteiger partial charge in [-0.2, -0.15) is 0 Å². The van der Waals surface area contributed by atoms with Crippen molar-refractivity contribution in [1.82, 2.24) is 14.6 Å². The normalized spacial score (nSPS) is 11.4. The molecule has 4 rings (SSSR count). The maximum absolute atomic E-state index is 10.6. The number of aromatic nitrogens is 3. The Balaban J connectivity index is 1.49. The smallest absolute Gasteiger partial charge is 0.328 e. The van der Waals surface area contributed by atoms with E-state index >= 15 is 0 Å². The number of carboxylic acid groups (broad SMARTS) is 1. The molecule has 130 valence electrons. The summed E-state index contributed by atoms with van der Waals surface area (Å²) in [7, 11) is 0. The second kappa shape index (κ2) is 6.85. The number of rotatable bonds is 6. The Morgan fingerprint density at radius 2 is 2.15 bits per heavy atom. The van der Waals surface area contributed by atoms with Crippen LogP contribution in [0.1, 0.15) is 11.3 Å². The van der Waals surface area contributed by atoms with Crippen molar-refractivity contribution >= 4 is 33.5 Å². The van der Waals surface area contributed by atoms with Gasteiger partial charge in [-0.1, -0.05) is 35.6 Å². The second-order valence-corrected chi connectivity index (χ2v) is 6.44. The Labute approximate surface area is 152 Å². The van der Waals surface area contributed by atoms with Crippen LogP contribution in [-0.2, 0) is 11.3 Å². The Kier molecular flexibility index (Phi) is 4.24. The molecule has 2 N–H and O–H groups in total. The predicted octanol–water partition coefficient (Wildman–Crippen LogP) is 3.76. The number of fused-ring (bicyclic) bond motifs is 1. The molecule has 0 saturated heterocycles. The maximum Gasteiger partial charge on any atom is 0.328 e. The summed E-state index contributed by atoms with van der Waals surface area (Å²) in [6.45, 7) is 0.571. The molecule has 4 aromatic rings. The molecule has 3 aromatic heterocycles. The molecule has 26 heavy (non-hydrogen) atoms. The van der Waals surface area contributed by atoms with Gasteiger partial charge < -0.3 is 14.8 Å². The minimum atomic E-state index is -0.967. The van der Waals surface area contributed by atoms with Gasteiger partial charge in [0.25, 0.3) is 0 Å². The van der Waals surface area contributed by atoms with E-state index in [2.05, 4.69) is 15.4 Å². The number of anilines is 1. The number of hydrogen-bond acceptors (Lipinski definition) is 6. The monoisotopic (exact) mass is 366 g/mol. The number of imidazole rings is 1. The second-order valence-electron chi connectivity index (χ2n) is 5.49. The minimum Gasteiger partial charge on any atom is -0.478 e. The van der Waals surface area contributed by atoms with Crippen molar-refractivity contribution in [3.05, 3.63) is 66.3 Å². The van der Waals surface area contributed by atoms with Crippen molar-refractivity contribution in [1.29, 1.82) is 0 Å². The van der Waals surface area contributed by atoms with Crippen LogP contribution in [0.25, 0.3) is 22.3 Å². The van der Waals surface area contributed by atoms with Crippen LogP contribution in [0.5, 0.6) is 0 Å². The molecule has 0 radical (unpaired) electrons. The van der Waals surface area contributed by atoms with Gasteiger partial charge in [0.15, 0.2) is 0 Å². The highest BCUT2D eigenvalue weighted by Gasteiger charge is 2.10. The molecule has 0 aliphatic carbocycles. The Hall–Kier alpha value is -3.39. The average Bonchev–Trinajstić information content (AvgIpc) is 3.34. The zero-order valence-electron chi connectivity index (χ0n) is 13.5. The summed E-state index contributed by atoms with van der Waals surface area (Å²) >= 11 is 1.46. The summed E-state index contributed by atoms with van der Waals surface area (Å²) in [6.07, 6.45) is 6.17. The molecule has 0 atom stereocenters. The Morgan fingerprint density at radius 3 is 2.85 bits per heavy atom. The zero-order chi connectivity index (χ0) is 17.9. The molecule has 1 aromatic carbocycles. The van der Waals surface area contributed by atoms with Crippen molar-refractivity contribution in [2.24, 2.45) is 0 Å². The first-order valence-corrected chi connectivity index (χ1v) is 8.63. The molecule has 0 aliphatic heterocycles. The molecule has 0 amide bonds. The summed E-state index contributed by atoms with van der Waals surface area (Å²) in [5.41, 5.74) is 2.58. The van der Waals surface area contributed by atoms with Gasteiger partial charge in [0.2, 0.25) is 10.1 Å². The van der Waals surface area contributed by atoms with Gasteiger partial charge in [0.05, 0.1) is 24.7 Å². The molecule has 8 heteroatoms. The van der Waals surface area contributed by atoms with Gasteiger partial charge in [0.1, 0.15) is 5.76 Å². The molecule has 0 spiro atoms. The standard InChI is InChI=1S/C18H14N4O3S/c23-16(24)8-5-12-3-6-13(7-4-12)15-11-22-18(20-15)26-17(21-22)19-10-14-2-1-9-25-14/h1-9,11H,10H2,(H,19,21)(H,23,24)/b8-5+. The van der Waals surface area contributed by atoms with Crippen LogP contribution in [0.2, 0.25) is 0 Å². The number of hydrogen-bond donors (Lipinski definition) is 2. The van der Waals surface area contributed by atoms with Crippen LogP contribution in [0.15, 0.2) is 59.4 Å². The van der Waals surface area contributed by atoms with E-state index in [-0.39, 0.29) is 0 Å². The first kappa shape index (κ1) is 16.1. The number of nitrogens with zero attached hydrogens (tertiary/aromatic N) is 3. The number of nitrogens with one attached hydrogen (secondary N) is 1. The lowest BCUT2D eigenvalue weighted by atomic mass is 10.1. The van der Waals surface area contributed by atoms with Gasteiger partial charge >= 0.3 is 5.97 Å². The van der Waals surface area contributed by atoms with E-state index in [1.54, 1.807) is 16.9 Å². The lowest BCUT2D eigenvalue weighted by molar-refractivity contribution is -0.131. The number of benzene rings is 1. The quantitative estimate of drug-likeness (QED) is 0.505. The van der Waals surface area contributed by atoms with Crippen molar-refractivity contribution in [3.8, 4) is 11.3 Å². The zero-order valence-corrected chi connectivity index (χ0v) is 14.3. The lowest BCUT2D eigenvalue weighted by Crippen LogP contribution is -1.98. The maximum atomic E-state index is 10.6. The fraction of sp³-hybridized carbons (Fsp3) is 0.0556. The topological polar surface area (TPSA) is 92.7 Å². The fourth-order valence-corrected chi connectivity index (χ4v) is 3.20. The third-order valence-electron chi connectivity index (χ3n) is 3.66. The predicted molar refractivity (Wildman–Crippen MR) is 99.0 cm³/mol. The van der Waals surface area contributed by atoms with Crippen LogP contribution >= 0.6 is 11.3 Å². The summed E-state index contributed by atoms with van der Waals surface area (Å²) in [6, 6.07) is 11.3. The fourth-order valence-electron chi connectivity index (χ4n) is 2.42. The van der Waals surface area contributed by atoms with Gasteiger partial charge in [-0.3, -0.25) is 0 Å². The molecule has 7 nitrogen and oxygen atoms in total. The van der Waals surface area contributed by atoms with E-state index in [4.69, 9.17) is 9.52 Å². The average molecular weight is 366 g/mol. The van der Waals surface area contributed by atoms with E-state index in [0.29, 0.717) is 6.54 Å². The van der Waals surface area contributed by atoms with Crippen molar-refractivity contribution in [3.63, 3.8) is 0 Å². The number of carboxylic acids is 1. The molecule has 0 unspecified atom stereocenters. The largest absolute Gasteiger partial charge is 0.478 e. The number of carbonyl (C=O) groups is 1. The highest BCUT2D eigenvalue weighted by molar-refractivity contribution is 7.20. The van der Waals surface area contributed by atoms with Crippen LogP contribution in [0, 0.1) is 0 Å². The lowest BCUT2D eigenvalue weighted by Gasteiger charge is -1.98. The summed E-state index contributed by atoms with van der Waals surface area (Å²) in [4.78, 5) is 15.9. The van der Waals surface area contributed by atoms with Crippen LogP contribution in [0.3, 0.4) is 0 Å². The van der Waals surface area contributed by atoms with Gasteiger partial charge in [-0.25, -0.2) is 14.3 Å². The first-order chi connectivity index (χ1) is 12.7. The van der Waals surface area contributed by atoms with Gasteiger partial charge in [0, 0.05) is 11.6 Å². The molecular weight excluding hydrogens is 352 g/mol. The molecule has 0 aliphatic rings. The van der Waals surface area contributed by atoms with Crippen molar-refractivity contribution < 1.29 is 14.3 Å². The summed E-state index contributed by atoms with van der Waals surface area (Å²) < 4.78 is 7.02. The highest BCUT2D eigenvalue weighted by Crippen LogP contribution is 2.25. The van der Waals surface area contributed by atoms with E-state index in [1.165, 1.54) is 11.3 Å². The third kappa shape index (κ3) is 3.50. The first-order valence-electron chi connectivity index (χ1n) is 7.81. The summed E-state index contributed by atoms with van der Waals surface area (Å²) in [5.74, 6) is -0.124. The molecule has 0 fully saturated rings. The van der Waals surface area contributed by atoms with E-state index in [9.17, 15) is 4.79 Å². The van der Waals surface area contributed by atoms with E-state index < -0.39 is 5.97 Å². The van der Waals surface area contributed by atoms with Crippen molar-refractivity contribution in [2.75, 3.05) is 5.32 Å². The molecular formula is C18H14N4O3S. The Bertz CT molecular complexity index is 1030. The van der Waals surface area contributed by atoms with Gasteiger partial charge in [-0.15, -0.1) is 5.10 Å². The molecule has 0 saturated carbocycles. The van der Waals surface area contributed by atoms with Crippen LogP contribution in [0.4, 0.5) is 5.13 Å². The Morgan fingerprint density at radius 1 is 1.31 bits per heavy atom. The van der Waals surface area contributed by atoms with Crippen LogP contribution in [-0.4, -0.2) is 25.7 Å². The summed E-state index contributed by atoms with van der Waals surface area (Å²) in [5, 5.41) is 17.1. The number of aliphatic carboxylic acids is 1. The SMILES string of the molecule is O=C(O)/C=C/c1ccc(-c2cn3nc(NCc4ccco4)sc3n2)cc1. The minimum absolute atomic E-state index is 0.571. The number of furan rings is 1. The van der Waals surface area contributed by atoms with Crippen molar-refractivity contribution in [2.45, 2.75) is 6.54 Å².